The minimum atomic E-state index is -3.96. The molecule has 0 unspecified atom stereocenters. The van der Waals surface area contributed by atoms with Crippen LogP contribution < -0.4 is 10.5 Å². The zero-order valence-corrected chi connectivity index (χ0v) is 18.7. The summed E-state index contributed by atoms with van der Waals surface area (Å²) in [5, 5.41) is 8.80. The van der Waals surface area contributed by atoms with Crippen LogP contribution in [0.2, 0.25) is 5.02 Å². The van der Waals surface area contributed by atoms with Crippen LogP contribution in [0.1, 0.15) is 61.1 Å². The molecule has 2 aromatic carbocycles. The van der Waals surface area contributed by atoms with Gasteiger partial charge in [-0.25, -0.2) is 18.5 Å². The van der Waals surface area contributed by atoms with Gasteiger partial charge in [-0.15, -0.1) is 0 Å². The summed E-state index contributed by atoms with van der Waals surface area (Å²) < 4.78 is 23.5. The lowest BCUT2D eigenvalue weighted by molar-refractivity contribution is 0.102. The van der Waals surface area contributed by atoms with E-state index in [0.29, 0.717) is 10.7 Å². The third-order valence-electron chi connectivity index (χ3n) is 4.72. The predicted octanol–water partition coefficient (Wildman–Crippen LogP) is 4.43. The van der Waals surface area contributed by atoms with Crippen LogP contribution in [0.15, 0.2) is 41.4 Å². The number of aromatic nitrogens is 2. The molecule has 30 heavy (non-hydrogen) atoms. The molecule has 0 aliphatic heterocycles. The second-order valence-corrected chi connectivity index (χ2v) is 9.61. The average molecular weight is 447 g/mol. The Morgan fingerprint density at radius 1 is 1.10 bits per heavy atom. The summed E-state index contributed by atoms with van der Waals surface area (Å²) in [6.07, 6.45) is 1.24. The van der Waals surface area contributed by atoms with Gasteiger partial charge in [0.15, 0.2) is 0 Å². The van der Waals surface area contributed by atoms with E-state index in [9.17, 15) is 13.2 Å². The lowest BCUT2D eigenvalue weighted by Gasteiger charge is -2.21. The maximum atomic E-state index is 13.0. The van der Waals surface area contributed by atoms with Crippen LogP contribution in [0.3, 0.4) is 0 Å². The molecule has 9 heteroatoms. The van der Waals surface area contributed by atoms with Crippen LogP contribution in [0.5, 0.6) is 0 Å². The van der Waals surface area contributed by atoms with Gasteiger partial charge in [-0.05, 0) is 47.2 Å². The van der Waals surface area contributed by atoms with Gasteiger partial charge in [-0.2, -0.15) is 0 Å². The number of halogens is 1. The molecule has 3 rings (SSSR count). The first-order chi connectivity index (χ1) is 14.0. The van der Waals surface area contributed by atoms with Crippen LogP contribution in [0.25, 0.3) is 11.0 Å². The highest BCUT2D eigenvalue weighted by Crippen LogP contribution is 2.35. The zero-order valence-electron chi connectivity index (χ0n) is 17.1. The van der Waals surface area contributed by atoms with Crippen molar-refractivity contribution in [3.8, 4) is 0 Å². The van der Waals surface area contributed by atoms with Crippen molar-refractivity contribution < 1.29 is 13.2 Å². The first kappa shape index (κ1) is 22.1. The molecular formula is C21H23ClN4O3S. The molecule has 0 aliphatic rings. The topological polar surface area (TPSA) is 115 Å². The normalized spacial score (nSPS) is 12.0. The number of hydrogen-bond acceptors (Lipinski definition) is 5. The van der Waals surface area contributed by atoms with Crippen molar-refractivity contribution in [2.24, 2.45) is 5.14 Å². The number of para-hydroxylation sites is 1. The second-order valence-electron chi connectivity index (χ2n) is 7.65. The molecule has 7 nitrogen and oxygen atoms in total. The Bertz CT molecular complexity index is 1210. The van der Waals surface area contributed by atoms with Crippen LogP contribution in [0, 0.1) is 0 Å². The first-order valence-electron chi connectivity index (χ1n) is 9.42. The third kappa shape index (κ3) is 4.45. The van der Waals surface area contributed by atoms with Crippen molar-refractivity contribution in [2.75, 3.05) is 5.32 Å². The van der Waals surface area contributed by atoms with Crippen LogP contribution in [-0.2, 0) is 10.0 Å². The maximum absolute atomic E-state index is 13.0. The largest absolute Gasteiger partial charge is 0.320 e. The predicted molar refractivity (Wildman–Crippen MR) is 118 cm³/mol. The molecule has 0 spiro atoms. The van der Waals surface area contributed by atoms with E-state index in [1.807, 2.05) is 39.8 Å². The van der Waals surface area contributed by atoms with Gasteiger partial charge in [-0.3, -0.25) is 9.78 Å². The summed E-state index contributed by atoms with van der Waals surface area (Å²) in [6.45, 7) is 8.10. The lowest BCUT2D eigenvalue weighted by atomic mass is 9.92. The quantitative estimate of drug-likeness (QED) is 0.601. The van der Waals surface area contributed by atoms with Gasteiger partial charge in [0.05, 0.1) is 11.7 Å². The standard InChI is InChI=1S/C21H23ClN4O3S/c1-11(2)14-8-13(22)9-15(12(3)4)19(14)26-21(27)17-10-24-20-16(25-17)6-5-7-18(20)30(23,28)29/h5-12H,1-4H3,(H,26,27)(H2,23,28,29). The van der Waals surface area contributed by atoms with Gasteiger partial charge in [0, 0.05) is 10.7 Å². The number of anilines is 1. The molecule has 0 bridgehead atoms. The highest BCUT2D eigenvalue weighted by atomic mass is 35.5. The molecule has 3 aromatic rings. The molecule has 1 heterocycles. The van der Waals surface area contributed by atoms with Gasteiger partial charge >= 0.3 is 0 Å². The molecule has 1 aromatic heterocycles. The number of fused-ring (bicyclic) bond motifs is 1. The Labute approximate surface area is 180 Å². The van der Waals surface area contributed by atoms with Gasteiger partial charge < -0.3 is 5.32 Å². The molecule has 0 aliphatic carbocycles. The zero-order chi connectivity index (χ0) is 22.2. The van der Waals surface area contributed by atoms with Crippen LogP contribution in [-0.4, -0.2) is 24.3 Å². The van der Waals surface area contributed by atoms with Crippen molar-refractivity contribution in [1.29, 1.82) is 0 Å². The summed E-state index contributed by atoms with van der Waals surface area (Å²) >= 11 is 6.29. The van der Waals surface area contributed by atoms with E-state index < -0.39 is 15.9 Å². The number of hydrogen-bond donors (Lipinski definition) is 2. The SMILES string of the molecule is CC(C)c1cc(Cl)cc(C(C)C)c1NC(=O)c1cnc2c(S(N)(=O)=O)cccc2n1. The van der Waals surface area contributed by atoms with Crippen molar-refractivity contribution in [2.45, 2.75) is 44.4 Å². The van der Waals surface area contributed by atoms with E-state index in [-0.39, 0.29) is 33.5 Å². The van der Waals surface area contributed by atoms with Crippen LogP contribution >= 0.6 is 11.6 Å². The van der Waals surface area contributed by atoms with Gasteiger partial charge in [0.25, 0.3) is 5.91 Å². The number of rotatable bonds is 5. The fourth-order valence-electron chi connectivity index (χ4n) is 3.24. The minimum absolute atomic E-state index is 0.0634. The van der Waals surface area contributed by atoms with E-state index in [4.69, 9.17) is 16.7 Å². The van der Waals surface area contributed by atoms with E-state index in [1.54, 1.807) is 6.07 Å². The number of amides is 1. The number of carbonyl (C=O) groups excluding carboxylic acids is 1. The number of nitrogens with two attached hydrogens (primary N) is 1. The molecule has 0 radical (unpaired) electrons. The van der Waals surface area contributed by atoms with Crippen molar-refractivity contribution in [3.05, 3.63) is 58.4 Å². The number of benzene rings is 2. The second kappa shape index (κ2) is 8.29. The maximum Gasteiger partial charge on any atom is 0.275 e. The van der Waals surface area contributed by atoms with Crippen molar-refractivity contribution in [3.63, 3.8) is 0 Å². The van der Waals surface area contributed by atoms with Crippen molar-refractivity contribution >= 4 is 44.3 Å². The fourth-order valence-corrected chi connectivity index (χ4v) is 4.17. The van der Waals surface area contributed by atoms with Crippen molar-refractivity contribution in [1.82, 2.24) is 9.97 Å². The van der Waals surface area contributed by atoms with Crippen LogP contribution in [0.4, 0.5) is 5.69 Å². The Kier molecular flexibility index (Phi) is 6.12. The van der Waals surface area contributed by atoms with E-state index in [2.05, 4.69) is 15.3 Å². The smallest absolute Gasteiger partial charge is 0.275 e. The number of carbonyl (C=O) groups is 1. The van der Waals surface area contributed by atoms with Gasteiger partial charge in [-0.1, -0.05) is 45.4 Å². The first-order valence-corrected chi connectivity index (χ1v) is 11.3. The molecule has 0 fully saturated rings. The summed E-state index contributed by atoms with van der Waals surface area (Å²) in [4.78, 5) is 21.3. The number of nitrogens with one attached hydrogen (secondary N) is 1. The van der Waals surface area contributed by atoms with E-state index in [0.717, 1.165) is 11.1 Å². The molecule has 158 valence electrons. The van der Waals surface area contributed by atoms with E-state index in [1.165, 1.54) is 18.3 Å². The number of sulfonamides is 1. The number of nitrogens with zero attached hydrogens (tertiary/aromatic N) is 2. The average Bonchev–Trinajstić information content (AvgIpc) is 2.66. The molecule has 1 amide bonds. The highest BCUT2D eigenvalue weighted by Gasteiger charge is 2.20. The molecule has 0 saturated heterocycles. The highest BCUT2D eigenvalue weighted by molar-refractivity contribution is 7.89. The van der Waals surface area contributed by atoms with E-state index >= 15 is 0 Å². The third-order valence-corrected chi connectivity index (χ3v) is 5.88. The molecular weight excluding hydrogens is 424 g/mol. The molecule has 0 atom stereocenters. The summed E-state index contributed by atoms with van der Waals surface area (Å²) in [5.41, 5.74) is 2.99. The monoisotopic (exact) mass is 446 g/mol. The fraction of sp³-hybridized carbons (Fsp3) is 0.286. The number of primary sulfonamides is 1. The molecule has 0 saturated carbocycles. The lowest BCUT2D eigenvalue weighted by Crippen LogP contribution is -2.18. The summed E-state index contributed by atoms with van der Waals surface area (Å²) in [6, 6.07) is 8.13. The Balaban J connectivity index is 2.06. The van der Waals surface area contributed by atoms with Gasteiger partial charge in [0.1, 0.15) is 16.1 Å². The Morgan fingerprint density at radius 3 is 2.23 bits per heavy atom. The van der Waals surface area contributed by atoms with Gasteiger partial charge in [0.2, 0.25) is 10.0 Å². The minimum Gasteiger partial charge on any atom is -0.320 e. The Morgan fingerprint density at radius 2 is 1.70 bits per heavy atom. The Hall–Kier alpha value is -2.55. The summed E-state index contributed by atoms with van der Waals surface area (Å²) in [5.74, 6) is -0.176. The summed E-state index contributed by atoms with van der Waals surface area (Å²) in [7, 11) is -3.96. The molecule has 3 N–H and O–H groups in total.